The third-order valence-corrected chi connectivity index (χ3v) is 5.21. The average molecular weight is 392 g/mol. The molecule has 1 aliphatic rings. The minimum atomic E-state index is -0.217. The van der Waals surface area contributed by atoms with Crippen molar-refractivity contribution >= 4 is 28.5 Å². The molecule has 150 valence electrons. The van der Waals surface area contributed by atoms with Gasteiger partial charge in [0.2, 0.25) is 0 Å². The van der Waals surface area contributed by atoms with Crippen molar-refractivity contribution in [3.8, 4) is 5.75 Å². The number of rotatable bonds is 4. The number of anilines is 1. The van der Waals surface area contributed by atoms with E-state index < -0.39 is 0 Å². The Bertz CT molecular complexity index is 1010. The summed E-state index contributed by atoms with van der Waals surface area (Å²) >= 11 is 0. The minimum absolute atomic E-state index is 0.0210. The molecule has 1 saturated heterocycles. The summed E-state index contributed by atoms with van der Waals surface area (Å²) in [4.78, 5) is 30.0. The molecule has 0 radical (unpaired) electrons. The molecule has 3 amide bonds. The largest absolute Gasteiger partial charge is 0.497 e. The van der Waals surface area contributed by atoms with Crippen molar-refractivity contribution in [3.63, 3.8) is 0 Å². The van der Waals surface area contributed by atoms with Crippen LogP contribution in [0.1, 0.15) is 23.3 Å². The summed E-state index contributed by atoms with van der Waals surface area (Å²) in [6, 6.07) is 16.7. The Kier molecular flexibility index (Phi) is 5.37. The molecular formula is C22H24N4O3. The maximum absolute atomic E-state index is 12.9. The number of carbonyl (C=O) groups is 2. The van der Waals surface area contributed by atoms with Crippen LogP contribution in [0.25, 0.3) is 10.9 Å². The molecule has 1 aromatic heterocycles. The molecule has 7 nitrogen and oxygen atoms in total. The molecule has 0 atom stereocenters. The number of hydrogen-bond donors (Lipinski definition) is 3. The third kappa shape index (κ3) is 4.34. The number of carbonyl (C=O) groups excluding carboxylic acids is 2. The molecule has 29 heavy (non-hydrogen) atoms. The number of piperidine rings is 1. The highest BCUT2D eigenvalue weighted by Gasteiger charge is 2.25. The molecule has 1 aliphatic heterocycles. The third-order valence-electron chi connectivity index (χ3n) is 5.21. The van der Waals surface area contributed by atoms with E-state index in [9.17, 15) is 9.59 Å². The van der Waals surface area contributed by atoms with Gasteiger partial charge in [0, 0.05) is 41.8 Å². The summed E-state index contributed by atoms with van der Waals surface area (Å²) in [5.74, 6) is 0.728. The van der Waals surface area contributed by atoms with Crippen molar-refractivity contribution in [1.29, 1.82) is 0 Å². The number of aromatic nitrogens is 1. The Labute approximate surface area is 169 Å². The zero-order valence-corrected chi connectivity index (χ0v) is 16.3. The van der Waals surface area contributed by atoms with E-state index in [0.717, 1.165) is 35.2 Å². The topological polar surface area (TPSA) is 86.5 Å². The first kappa shape index (κ1) is 18.9. The van der Waals surface area contributed by atoms with Crippen molar-refractivity contribution in [1.82, 2.24) is 15.2 Å². The minimum Gasteiger partial charge on any atom is -0.497 e. The van der Waals surface area contributed by atoms with Gasteiger partial charge in [0.15, 0.2) is 0 Å². The van der Waals surface area contributed by atoms with Crippen LogP contribution >= 0.6 is 0 Å². The summed E-state index contributed by atoms with van der Waals surface area (Å²) in [5, 5.41) is 6.79. The zero-order valence-electron chi connectivity index (χ0n) is 16.3. The first-order valence-corrected chi connectivity index (χ1v) is 9.71. The normalized spacial score (nSPS) is 14.6. The Morgan fingerprint density at radius 3 is 2.55 bits per heavy atom. The van der Waals surface area contributed by atoms with Gasteiger partial charge >= 0.3 is 6.03 Å². The number of hydrogen-bond acceptors (Lipinski definition) is 3. The lowest BCUT2D eigenvalue weighted by Crippen LogP contribution is -2.47. The molecule has 7 heteroatoms. The van der Waals surface area contributed by atoms with Crippen LogP contribution in [0.3, 0.4) is 0 Å². The molecule has 4 rings (SSSR count). The van der Waals surface area contributed by atoms with Gasteiger partial charge in [-0.25, -0.2) is 4.79 Å². The van der Waals surface area contributed by atoms with E-state index >= 15 is 0 Å². The lowest BCUT2D eigenvalue weighted by atomic mass is 10.0. The van der Waals surface area contributed by atoms with Crippen LogP contribution in [-0.4, -0.2) is 48.1 Å². The molecule has 1 fully saturated rings. The fraction of sp³-hybridized carbons (Fsp3) is 0.273. The maximum atomic E-state index is 12.9. The second kappa shape index (κ2) is 8.26. The number of H-pyrrole nitrogens is 1. The molecular weight excluding hydrogens is 368 g/mol. The zero-order chi connectivity index (χ0) is 20.2. The standard InChI is InChI=1S/C22H24N4O3/c1-29-18-8-7-15-13-20(25-19(15)14-18)21(27)26-11-9-17(10-12-26)24-22(28)23-16-5-3-2-4-6-16/h2-8,13-14,17,25H,9-12H2,1H3,(H2,23,24,28). The molecule has 0 aliphatic carbocycles. The summed E-state index contributed by atoms with van der Waals surface area (Å²) in [6.07, 6.45) is 1.45. The number of methoxy groups -OCH3 is 1. The van der Waals surface area contributed by atoms with Crippen molar-refractivity contribution in [2.45, 2.75) is 18.9 Å². The van der Waals surface area contributed by atoms with Crippen LogP contribution in [0.4, 0.5) is 10.5 Å². The monoisotopic (exact) mass is 392 g/mol. The highest BCUT2D eigenvalue weighted by molar-refractivity contribution is 5.98. The fourth-order valence-electron chi connectivity index (χ4n) is 3.62. The summed E-state index contributed by atoms with van der Waals surface area (Å²) in [7, 11) is 1.62. The molecule has 0 saturated carbocycles. The summed E-state index contributed by atoms with van der Waals surface area (Å²) < 4.78 is 5.23. The Morgan fingerprint density at radius 2 is 1.83 bits per heavy atom. The fourth-order valence-corrected chi connectivity index (χ4v) is 3.62. The molecule has 2 aromatic carbocycles. The van der Waals surface area contributed by atoms with Gasteiger partial charge in [-0.05, 0) is 43.2 Å². The quantitative estimate of drug-likeness (QED) is 0.634. The van der Waals surface area contributed by atoms with Gasteiger partial charge in [0.05, 0.1) is 7.11 Å². The molecule has 2 heterocycles. The molecule has 0 spiro atoms. The van der Waals surface area contributed by atoms with Crippen LogP contribution in [-0.2, 0) is 0 Å². The second-order valence-electron chi connectivity index (χ2n) is 7.17. The maximum Gasteiger partial charge on any atom is 0.319 e. The van der Waals surface area contributed by atoms with Crippen LogP contribution in [0.2, 0.25) is 0 Å². The Morgan fingerprint density at radius 1 is 1.07 bits per heavy atom. The first-order valence-electron chi connectivity index (χ1n) is 9.71. The second-order valence-corrected chi connectivity index (χ2v) is 7.17. The number of ether oxygens (including phenoxy) is 1. The van der Waals surface area contributed by atoms with E-state index in [0.29, 0.717) is 18.8 Å². The number of aromatic amines is 1. The van der Waals surface area contributed by atoms with E-state index in [1.165, 1.54) is 0 Å². The molecule has 3 N–H and O–H groups in total. The van der Waals surface area contributed by atoms with Gasteiger partial charge in [-0.3, -0.25) is 4.79 Å². The highest BCUT2D eigenvalue weighted by Crippen LogP contribution is 2.23. The number of fused-ring (bicyclic) bond motifs is 1. The lowest BCUT2D eigenvalue weighted by Gasteiger charge is -2.32. The van der Waals surface area contributed by atoms with E-state index in [1.54, 1.807) is 7.11 Å². The van der Waals surface area contributed by atoms with Gasteiger partial charge in [-0.15, -0.1) is 0 Å². The van der Waals surface area contributed by atoms with Gasteiger partial charge in [0.25, 0.3) is 5.91 Å². The van der Waals surface area contributed by atoms with E-state index in [2.05, 4.69) is 15.6 Å². The lowest BCUT2D eigenvalue weighted by molar-refractivity contribution is 0.0704. The predicted octanol–water partition coefficient (Wildman–Crippen LogP) is 3.60. The number of para-hydroxylation sites is 1. The molecule has 0 bridgehead atoms. The number of nitrogens with one attached hydrogen (secondary N) is 3. The van der Waals surface area contributed by atoms with E-state index in [4.69, 9.17) is 4.74 Å². The molecule has 3 aromatic rings. The van der Waals surface area contributed by atoms with Gasteiger partial charge < -0.3 is 25.3 Å². The van der Waals surface area contributed by atoms with Crippen LogP contribution in [0.5, 0.6) is 5.75 Å². The van der Waals surface area contributed by atoms with E-state index in [-0.39, 0.29) is 18.0 Å². The number of likely N-dealkylation sites (tertiary alicyclic amines) is 1. The SMILES string of the molecule is COc1ccc2cc(C(=O)N3CCC(NC(=O)Nc4ccccc4)CC3)[nH]c2c1. The van der Waals surface area contributed by atoms with Gasteiger partial charge in [-0.1, -0.05) is 18.2 Å². The van der Waals surface area contributed by atoms with Crippen molar-refractivity contribution in [2.75, 3.05) is 25.5 Å². The number of urea groups is 1. The molecule has 0 unspecified atom stereocenters. The summed E-state index contributed by atoms with van der Waals surface area (Å²) in [5.41, 5.74) is 2.20. The van der Waals surface area contributed by atoms with Crippen molar-refractivity contribution in [3.05, 3.63) is 60.3 Å². The number of amides is 3. The van der Waals surface area contributed by atoms with Crippen molar-refractivity contribution in [2.24, 2.45) is 0 Å². The van der Waals surface area contributed by atoms with Crippen molar-refractivity contribution < 1.29 is 14.3 Å². The van der Waals surface area contributed by atoms with Gasteiger partial charge in [-0.2, -0.15) is 0 Å². The van der Waals surface area contributed by atoms with Gasteiger partial charge in [0.1, 0.15) is 11.4 Å². The number of benzene rings is 2. The van der Waals surface area contributed by atoms with Crippen LogP contribution in [0.15, 0.2) is 54.6 Å². The summed E-state index contributed by atoms with van der Waals surface area (Å²) in [6.45, 7) is 1.21. The van der Waals surface area contributed by atoms with Crippen LogP contribution < -0.4 is 15.4 Å². The van der Waals surface area contributed by atoms with E-state index in [1.807, 2.05) is 59.5 Å². The number of nitrogens with zero attached hydrogens (tertiary/aromatic N) is 1. The highest BCUT2D eigenvalue weighted by atomic mass is 16.5. The smallest absolute Gasteiger partial charge is 0.319 e. The predicted molar refractivity (Wildman–Crippen MR) is 112 cm³/mol. The Balaban J connectivity index is 1.32. The first-order chi connectivity index (χ1) is 14.1. The Hall–Kier alpha value is -3.48. The van der Waals surface area contributed by atoms with Crippen LogP contribution in [0, 0.1) is 0 Å². The average Bonchev–Trinajstić information content (AvgIpc) is 3.17.